The average molecular weight is 417 g/mol. The minimum Gasteiger partial charge on any atom is -0.497 e. The third-order valence-electron chi connectivity index (χ3n) is 5.33. The molecule has 6 nitrogen and oxygen atoms in total. The molecule has 29 heavy (non-hydrogen) atoms. The van der Waals surface area contributed by atoms with Gasteiger partial charge in [0.25, 0.3) is 0 Å². The molecule has 1 fully saturated rings. The van der Waals surface area contributed by atoms with Crippen molar-refractivity contribution in [1.29, 1.82) is 0 Å². The maximum atomic E-state index is 13.2. The van der Waals surface area contributed by atoms with Crippen molar-refractivity contribution < 1.29 is 17.9 Å². The van der Waals surface area contributed by atoms with Crippen molar-refractivity contribution >= 4 is 21.6 Å². The van der Waals surface area contributed by atoms with E-state index in [1.807, 2.05) is 32.0 Å². The molecule has 1 aliphatic rings. The second-order valence-electron chi connectivity index (χ2n) is 7.51. The summed E-state index contributed by atoms with van der Waals surface area (Å²) in [6, 6.07) is 11.9. The van der Waals surface area contributed by atoms with Gasteiger partial charge in [0.1, 0.15) is 5.75 Å². The van der Waals surface area contributed by atoms with Gasteiger partial charge >= 0.3 is 0 Å². The number of nitrogens with one attached hydrogen (secondary N) is 1. The number of aryl methyl sites for hydroxylation is 2. The number of carbonyl (C=O) groups excluding carboxylic acids is 1. The van der Waals surface area contributed by atoms with Crippen LogP contribution in [-0.2, 0) is 14.8 Å². The molecule has 3 rings (SSSR count). The minimum absolute atomic E-state index is 0.142. The highest BCUT2D eigenvalue weighted by Gasteiger charge is 2.34. The number of carbonyl (C=O) groups is 1. The standard InChI is InChI=1S/C22H28N2O4S/c1-16-7-8-17(2)21(14-16)23-22(25)15-18-6-4-5-13-24(18)29(26,27)20-11-9-19(28-3)10-12-20/h7-12,14,18H,4-6,13,15H2,1-3H3,(H,23,25)/t18-/m1/s1. The molecule has 0 saturated carbocycles. The van der Waals surface area contributed by atoms with Crippen molar-refractivity contribution in [2.75, 3.05) is 19.0 Å². The molecule has 1 N–H and O–H groups in total. The molecule has 1 heterocycles. The average Bonchev–Trinajstić information content (AvgIpc) is 2.71. The first-order valence-corrected chi connectivity index (χ1v) is 11.3. The first kappa shape index (κ1) is 21.3. The van der Waals surface area contributed by atoms with E-state index in [0.717, 1.165) is 29.7 Å². The molecule has 1 aliphatic heterocycles. The number of amides is 1. The third kappa shape index (κ3) is 4.97. The zero-order valence-electron chi connectivity index (χ0n) is 17.1. The number of nitrogens with zero attached hydrogens (tertiary/aromatic N) is 1. The quantitative estimate of drug-likeness (QED) is 0.775. The maximum absolute atomic E-state index is 13.2. The Kier molecular flexibility index (Phi) is 6.59. The van der Waals surface area contributed by atoms with Crippen LogP contribution in [0.15, 0.2) is 47.4 Å². The van der Waals surface area contributed by atoms with Crippen LogP contribution in [0, 0.1) is 13.8 Å². The van der Waals surface area contributed by atoms with E-state index in [2.05, 4.69) is 5.32 Å². The van der Waals surface area contributed by atoms with Crippen LogP contribution < -0.4 is 10.1 Å². The molecule has 1 atom stereocenters. The lowest BCUT2D eigenvalue weighted by Crippen LogP contribution is -2.45. The highest BCUT2D eigenvalue weighted by Crippen LogP contribution is 2.28. The smallest absolute Gasteiger partial charge is 0.243 e. The number of benzene rings is 2. The monoisotopic (exact) mass is 416 g/mol. The number of methoxy groups -OCH3 is 1. The Balaban J connectivity index is 1.76. The zero-order valence-corrected chi connectivity index (χ0v) is 18.0. The molecule has 0 aromatic heterocycles. The molecule has 0 bridgehead atoms. The molecule has 2 aromatic carbocycles. The third-order valence-corrected chi connectivity index (χ3v) is 7.29. The number of hydrogen-bond donors (Lipinski definition) is 1. The summed E-state index contributed by atoms with van der Waals surface area (Å²) in [5.41, 5.74) is 2.82. The molecule has 0 aliphatic carbocycles. The summed E-state index contributed by atoms with van der Waals surface area (Å²) >= 11 is 0. The molecule has 1 amide bonds. The van der Waals surface area contributed by atoms with Gasteiger partial charge in [0.05, 0.1) is 12.0 Å². The number of hydrogen-bond acceptors (Lipinski definition) is 4. The highest BCUT2D eigenvalue weighted by molar-refractivity contribution is 7.89. The number of sulfonamides is 1. The van der Waals surface area contributed by atoms with E-state index in [4.69, 9.17) is 4.74 Å². The van der Waals surface area contributed by atoms with Gasteiger partial charge in [-0.25, -0.2) is 8.42 Å². The minimum atomic E-state index is -3.67. The second kappa shape index (κ2) is 8.97. The van der Waals surface area contributed by atoms with Crippen molar-refractivity contribution in [3.05, 3.63) is 53.6 Å². The molecule has 7 heteroatoms. The summed E-state index contributed by atoms with van der Waals surface area (Å²) < 4.78 is 33.0. The van der Waals surface area contributed by atoms with Gasteiger partial charge in [-0.05, 0) is 68.1 Å². The fourth-order valence-electron chi connectivity index (χ4n) is 3.66. The highest BCUT2D eigenvalue weighted by atomic mass is 32.2. The van der Waals surface area contributed by atoms with Crippen LogP contribution in [0.5, 0.6) is 5.75 Å². The van der Waals surface area contributed by atoms with Crippen LogP contribution in [0.1, 0.15) is 36.8 Å². The van der Waals surface area contributed by atoms with E-state index in [1.165, 1.54) is 4.31 Å². The Morgan fingerprint density at radius 1 is 1.14 bits per heavy atom. The summed E-state index contributed by atoms with van der Waals surface area (Å²) in [4.78, 5) is 12.9. The number of rotatable bonds is 6. The van der Waals surface area contributed by atoms with E-state index in [1.54, 1.807) is 31.4 Å². The molecule has 1 saturated heterocycles. The van der Waals surface area contributed by atoms with Crippen molar-refractivity contribution in [2.45, 2.75) is 50.5 Å². The molecule has 2 aromatic rings. The number of anilines is 1. The summed E-state index contributed by atoms with van der Waals surface area (Å²) in [6.07, 6.45) is 2.53. The SMILES string of the molecule is COc1ccc(S(=O)(=O)N2CCCC[C@@H]2CC(=O)Nc2cc(C)ccc2C)cc1. The van der Waals surface area contributed by atoms with Crippen LogP contribution in [-0.4, -0.2) is 38.3 Å². The Morgan fingerprint density at radius 2 is 1.86 bits per heavy atom. The van der Waals surface area contributed by atoms with Gasteiger partial charge in [0.15, 0.2) is 0 Å². The van der Waals surface area contributed by atoms with Crippen LogP contribution in [0.25, 0.3) is 0 Å². The van der Waals surface area contributed by atoms with Gasteiger partial charge < -0.3 is 10.1 Å². The zero-order chi connectivity index (χ0) is 21.0. The fraction of sp³-hybridized carbons (Fsp3) is 0.409. The topological polar surface area (TPSA) is 75.7 Å². The van der Waals surface area contributed by atoms with Crippen LogP contribution in [0.2, 0.25) is 0 Å². The Hall–Kier alpha value is -2.38. The van der Waals surface area contributed by atoms with Gasteiger partial charge in [-0.15, -0.1) is 0 Å². The van der Waals surface area contributed by atoms with Crippen molar-refractivity contribution in [1.82, 2.24) is 4.31 Å². The van der Waals surface area contributed by atoms with Crippen molar-refractivity contribution in [3.63, 3.8) is 0 Å². The van der Waals surface area contributed by atoms with Crippen LogP contribution in [0.4, 0.5) is 5.69 Å². The van der Waals surface area contributed by atoms with E-state index in [-0.39, 0.29) is 23.3 Å². The van der Waals surface area contributed by atoms with Gasteiger partial charge in [-0.1, -0.05) is 18.6 Å². The number of ether oxygens (including phenoxy) is 1. The van der Waals surface area contributed by atoms with E-state index in [0.29, 0.717) is 18.7 Å². The largest absolute Gasteiger partial charge is 0.497 e. The van der Waals surface area contributed by atoms with E-state index < -0.39 is 10.0 Å². The first-order valence-electron chi connectivity index (χ1n) is 9.84. The molecule has 0 radical (unpaired) electrons. The lowest BCUT2D eigenvalue weighted by molar-refractivity contribution is -0.117. The lowest BCUT2D eigenvalue weighted by Gasteiger charge is -2.34. The number of piperidine rings is 1. The molecular weight excluding hydrogens is 388 g/mol. The van der Waals surface area contributed by atoms with Crippen molar-refractivity contribution in [3.8, 4) is 5.75 Å². The molecule has 0 spiro atoms. The molecule has 156 valence electrons. The lowest BCUT2D eigenvalue weighted by atomic mass is 10.0. The summed E-state index contributed by atoms with van der Waals surface area (Å²) in [6.45, 7) is 4.34. The molecular formula is C22H28N2O4S. The van der Waals surface area contributed by atoms with Crippen molar-refractivity contribution in [2.24, 2.45) is 0 Å². The van der Waals surface area contributed by atoms with Crippen LogP contribution >= 0.6 is 0 Å². The first-order chi connectivity index (χ1) is 13.8. The predicted molar refractivity (Wildman–Crippen MR) is 114 cm³/mol. The van der Waals surface area contributed by atoms with E-state index >= 15 is 0 Å². The second-order valence-corrected chi connectivity index (χ2v) is 9.40. The van der Waals surface area contributed by atoms with Gasteiger partial charge in [-0.2, -0.15) is 4.31 Å². The summed E-state index contributed by atoms with van der Waals surface area (Å²) in [5, 5.41) is 2.95. The predicted octanol–water partition coefficient (Wildman–Crippen LogP) is 3.88. The van der Waals surface area contributed by atoms with Gasteiger partial charge in [0.2, 0.25) is 15.9 Å². The maximum Gasteiger partial charge on any atom is 0.243 e. The Morgan fingerprint density at radius 3 is 2.55 bits per heavy atom. The normalized spacial score (nSPS) is 17.7. The summed E-state index contributed by atoms with van der Waals surface area (Å²) in [5.74, 6) is 0.438. The van der Waals surface area contributed by atoms with Crippen LogP contribution in [0.3, 0.4) is 0 Å². The van der Waals surface area contributed by atoms with Gasteiger partial charge in [0, 0.05) is 24.7 Å². The Bertz CT molecular complexity index is 971. The fourth-order valence-corrected chi connectivity index (χ4v) is 5.36. The Labute approximate surface area is 172 Å². The molecule has 0 unspecified atom stereocenters. The van der Waals surface area contributed by atoms with E-state index in [9.17, 15) is 13.2 Å². The van der Waals surface area contributed by atoms with Gasteiger partial charge in [-0.3, -0.25) is 4.79 Å². The summed E-state index contributed by atoms with van der Waals surface area (Å²) in [7, 11) is -2.13.